The largest absolute Gasteiger partial charge is 0.370 e. The van der Waals surface area contributed by atoms with Gasteiger partial charge in [-0.15, -0.1) is 0 Å². The van der Waals surface area contributed by atoms with Gasteiger partial charge in [-0.05, 0) is 24.2 Å². The van der Waals surface area contributed by atoms with E-state index in [1.54, 1.807) is 0 Å². The Labute approximate surface area is 88.0 Å². The van der Waals surface area contributed by atoms with Crippen LogP contribution in [0.25, 0.3) is 0 Å². The topological polar surface area (TPSA) is 64.4 Å². The lowest BCUT2D eigenvalue weighted by atomic mass is 9.73. The fourth-order valence-electron chi connectivity index (χ4n) is 1.71. The zero-order valence-corrected chi connectivity index (χ0v) is 10.0. The molecule has 0 bridgehead atoms. The minimum atomic E-state index is 0.201. The summed E-state index contributed by atoms with van der Waals surface area (Å²) in [4.78, 5) is 4.05. The fourth-order valence-corrected chi connectivity index (χ4v) is 1.71. The highest BCUT2D eigenvalue weighted by Gasteiger charge is 2.26. The highest BCUT2D eigenvalue weighted by Crippen LogP contribution is 2.35. The summed E-state index contributed by atoms with van der Waals surface area (Å²) in [7, 11) is 0. The lowest BCUT2D eigenvalue weighted by molar-refractivity contribution is 0.183. The number of aliphatic imine (C=N–C) groups is 1. The molecule has 84 valence electrons. The van der Waals surface area contributed by atoms with Crippen LogP contribution >= 0.6 is 0 Å². The van der Waals surface area contributed by atoms with Crippen LogP contribution in [0.3, 0.4) is 0 Å². The zero-order chi connectivity index (χ0) is 11.2. The molecule has 3 nitrogen and oxygen atoms in total. The Morgan fingerprint density at radius 2 is 1.86 bits per heavy atom. The van der Waals surface area contributed by atoms with E-state index >= 15 is 0 Å². The summed E-state index contributed by atoms with van der Waals surface area (Å²) in [6.45, 7) is 9.83. The molecule has 4 N–H and O–H groups in total. The van der Waals surface area contributed by atoms with Crippen molar-refractivity contribution in [2.45, 2.75) is 47.0 Å². The second kappa shape index (κ2) is 5.89. The average Bonchev–Trinajstić information content (AvgIpc) is 2.03. The van der Waals surface area contributed by atoms with Gasteiger partial charge in [-0.2, -0.15) is 0 Å². The SMILES string of the molecule is CCCC(C)(CCN=C(N)N)C(C)C. The van der Waals surface area contributed by atoms with Crippen LogP contribution in [0.4, 0.5) is 0 Å². The molecule has 0 fully saturated rings. The first-order chi connectivity index (χ1) is 6.42. The number of hydrogen-bond acceptors (Lipinski definition) is 1. The third kappa shape index (κ3) is 4.49. The lowest BCUT2D eigenvalue weighted by Crippen LogP contribution is -2.27. The minimum absolute atomic E-state index is 0.201. The van der Waals surface area contributed by atoms with Crippen molar-refractivity contribution < 1.29 is 0 Å². The molecule has 0 aromatic heterocycles. The van der Waals surface area contributed by atoms with Gasteiger partial charge in [-0.3, -0.25) is 4.99 Å². The second-order valence-electron chi connectivity index (χ2n) is 4.62. The summed E-state index contributed by atoms with van der Waals surface area (Å²) in [5, 5.41) is 0. The molecule has 0 radical (unpaired) electrons. The predicted molar refractivity (Wildman–Crippen MR) is 63.1 cm³/mol. The Balaban J connectivity index is 4.16. The van der Waals surface area contributed by atoms with Crippen LogP contribution in [-0.4, -0.2) is 12.5 Å². The molecular formula is C11H25N3. The summed E-state index contributed by atoms with van der Waals surface area (Å²) in [5.74, 6) is 0.879. The number of hydrogen-bond donors (Lipinski definition) is 2. The maximum absolute atomic E-state index is 5.30. The summed E-state index contributed by atoms with van der Waals surface area (Å²) < 4.78 is 0. The summed E-state index contributed by atoms with van der Waals surface area (Å²) in [6, 6.07) is 0. The molecule has 0 spiro atoms. The molecule has 0 aliphatic rings. The first kappa shape index (κ1) is 13.3. The van der Waals surface area contributed by atoms with Crippen LogP contribution in [0.2, 0.25) is 0 Å². The third-order valence-electron chi connectivity index (χ3n) is 3.19. The number of guanidine groups is 1. The smallest absolute Gasteiger partial charge is 0.185 e. The molecule has 0 aliphatic carbocycles. The summed E-state index contributed by atoms with van der Waals surface area (Å²) >= 11 is 0. The molecule has 0 saturated heterocycles. The van der Waals surface area contributed by atoms with Crippen LogP contribution in [-0.2, 0) is 0 Å². The summed E-state index contributed by atoms with van der Waals surface area (Å²) in [6.07, 6.45) is 3.53. The maximum Gasteiger partial charge on any atom is 0.185 e. The molecule has 0 aromatic carbocycles. The number of nitrogens with two attached hydrogens (primary N) is 2. The molecule has 14 heavy (non-hydrogen) atoms. The number of nitrogens with zero attached hydrogens (tertiary/aromatic N) is 1. The van der Waals surface area contributed by atoms with Crippen LogP contribution in [0.15, 0.2) is 4.99 Å². The van der Waals surface area contributed by atoms with E-state index in [4.69, 9.17) is 11.5 Å². The zero-order valence-electron chi connectivity index (χ0n) is 10.0. The third-order valence-corrected chi connectivity index (χ3v) is 3.19. The minimum Gasteiger partial charge on any atom is -0.370 e. The van der Waals surface area contributed by atoms with Crippen molar-refractivity contribution in [3.63, 3.8) is 0 Å². The van der Waals surface area contributed by atoms with Gasteiger partial charge in [-0.1, -0.05) is 34.1 Å². The van der Waals surface area contributed by atoms with Crippen LogP contribution < -0.4 is 11.5 Å². The monoisotopic (exact) mass is 199 g/mol. The fraction of sp³-hybridized carbons (Fsp3) is 0.909. The van der Waals surface area contributed by atoms with E-state index in [1.165, 1.54) is 12.8 Å². The van der Waals surface area contributed by atoms with E-state index in [9.17, 15) is 0 Å². The normalized spacial score (nSPS) is 15.2. The van der Waals surface area contributed by atoms with Crippen molar-refractivity contribution in [2.24, 2.45) is 27.8 Å². The van der Waals surface area contributed by atoms with E-state index in [1.807, 2.05) is 0 Å². The van der Waals surface area contributed by atoms with Gasteiger partial charge in [0.25, 0.3) is 0 Å². The van der Waals surface area contributed by atoms with Crippen LogP contribution in [0.1, 0.15) is 47.0 Å². The number of rotatable bonds is 6. The van der Waals surface area contributed by atoms with Gasteiger partial charge in [0, 0.05) is 6.54 Å². The Bertz CT molecular complexity index is 183. The molecule has 3 heteroatoms. The van der Waals surface area contributed by atoms with E-state index in [0.717, 1.165) is 13.0 Å². The first-order valence-electron chi connectivity index (χ1n) is 5.47. The quantitative estimate of drug-likeness (QED) is 0.508. The van der Waals surface area contributed by atoms with Gasteiger partial charge in [0.15, 0.2) is 5.96 Å². The standard InChI is InChI=1S/C11H25N3/c1-5-6-11(4,9(2)3)7-8-14-10(12)13/h9H,5-8H2,1-4H3,(H4,12,13,14). The average molecular weight is 199 g/mol. The molecule has 0 aromatic rings. The molecule has 0 heterocycles. The predicted octanol–water partition coefficient (Wildman–Crippen LogP) is 2.11. The van der Waals surface area contributed by atoms with Gasteiger partial charge in [-0.25, -0.2) is 0 Å². The molecule has 0 aliphatic heterocycles. The lowest BCUT2D eigenvalue weighted by Gasteiger charge is -2.33. The van der Waals surface area contributed by atoms with Crippen LogP contribution in [0, 0.1) is 11.3 Å². The summed E-state index contributed by atoms with van der Waals surface area (Å²) in [5.41, 5.74) is 11.0. The molecule has 0 saturated carbocycles. The van der Waals surface area contributed by atoms with Crippen molar-refractivity contribution in [3.8, 4) is 0 Å². The molecule has 1 atom stereocenters. The van der Waals surface area contributed by atoms with Crippen molar-refractivity contribution in [1.82, 2.24) is 0 Å². The van der Waals surface area contributed by atoms with E-state index in [-0.39, 0.29) is 5.96 Å². The Morgan fingerprint density at radius 3 is 2.21 bits per heavy atom. The second-order valence-corrected chi connectivity index (χ2v) is 4.62. The van der Waals surface area contributed by atoms with E-state index < -0.39 is 0 Å². The van der Waals surface area contributed by atoms with Crippen molar-refractivity contribution in [2.75, 3.05) is 6.54 Å². The van der Waals surface area contributed by atoms with Gasteiger partial charge < -0.3 is 11.5 Å². The Kier molecular flexibility index (Phi) is 5.58. The molecular weight excluding hydrogens is 174 g/mol. The maximum atomic E-state index is 5.30. The van der Waals surface area contributed by atoms with Gasteiger partial charge in [0.05, 0.1) is 0 Å². The highest BCUT2D eigenvalue weighted by atomic mass is 15.0. The van der Waals surface area contributed by atoms with Crippen molar-refractivity contribution in [1.29, 1.82) is 0 Å². The molecule has 1 unspecified atom stereocenters. The molecule has 0 amide bonds. The first-order valence-corrected chi connectivity index (χ1v) is 5.47. The van der Waals surface area contributed by atoms with E-state index in [2.05, 4.69) is 32.7 Å². The van der Waals surface area contributed by atoms with Crippen LogP contribution in [0.5, 0.6) is 0 Å². The van der Waals surface area contributed by atoms with Gasteiger partial charge in [0.2, 0.25) is 0 Å². The Morgan fingerprint density at radius 1 is 1.29 bits per heavy atom. The van der Waals surface area contributed by atoms with Crippen molar-refractivity contribution >= 4 is 5.96 Å². The highest BCUT2D eigenvalue weighted by molar-refractivity contribution is 5.75. The Hall–Kier alpha value is -0.730. The van der Waals surface area contributed by atoms with Crippen molar-refractivity contribution in [3.05, 3.63) is 0 Å². The van der Waals surface area contributed by atoms with E-state index in [0.29, 0.717) is 11.3 Å². The molecule has 0 rings (SSSR count). The van der Waals surface area contributed by atoms with Gasteiger partial charge in [0.1, 0.15) is 0 Å². The van der Waals surface area contributed by atoms with Gasteiger partial charge >= 0.3 is 0 Å².